The summed E-state index contributed by atoms with van der Waals surface area (Å²) in [5.41, 5.74) is 4.25. The second kappa shape index (κ2) is 6.82. The van der Waals surface area contributed by atoms with Crippen molar-refractivity contribution in [2.45, 2.75) is 51.2 Å². The molecule has 1 aromatic heterocycles. The summed E-state index contributed by atoms with van der Waals surface area (Å²) < 4.78 is 32.9. The number of nitrogens with zero attached hydrogens (tertiary/aromatic N) is 1. The van der Waals surface area contributed by atoms with E-state index in [4.69, 9.17) is 4.42 Å². The van der Waals surface area contributed by atoms with Crippen LogP contribution in [0.25, 0.3) is 11.0 Å². The second-order valence-electron chi connectivity index (χ2n) is 7.93. The summed E-state index contributed by atoms with van der Waals surface area (Å²) in [5.74, 6) is -1.10. The van der Waals surface area contributed by atoms with Crippen LogP contribution in [0, 0.1) is 11.6 Å². The molecule has 0 aliphatic heterocycles. The maximum absolute atomic E-state index is 14.2. The maximum Gasteiger partial charge on any atom is 0.336 e. The molecule has 2 aliphatic carbocycles. The zero-order valence-electron chi connectivity index (χ0n) is 15.5. The maximum atomic E-state index is 14.2. The summed E-state index contributed by atoms with van der Waals surface area (Å²) in [4.78, 5) is 14.3. The van der Waals surface area contributed by atoms with Crippen molar-refractivity contribution in [3.63, 3.8) is 0 Å². The molecule has 0 N–H and O–H groups in total. The minimum absolute atomic E-state index is 0.357. The highest BCUT2D eigenvalue weighted by atomic mass is 19.1. The highest BCUT2D eigenvalue weighted by molar-refractivity contribution is 5.82. The molecule has 3 aromatic rings. The lowest BCUT2D eigenvalue weighted by atomic mass is 10.0. The monoisotopic (exact) mass is 381 g/mol. The molecule has 0 spiro atoms. The first-order valence-electron chi connectivity index (χ1n) is 9.83. The Morgan fingerprint density at radius 1 is 0.964 bits per heavy atom. The number of aryl methyl sites for hydroxylation is 2. The van der Waals surface area contributed by atoms with E-state index < -0.39 is 11.6 Å². The Bertz CT molecular complexity index is 1120. The third kappa shape index (κ3) is 3.35. The van der Waals surface area contributed by atoms with Gasteiger partial charge in [-0.25, -0.2) is 13.6 Å². The Labute approximate surface area is 161 Å². The first-order chi connectivity index (χ1) is 13.6. The van der Waals surface area contributed by atoms with E-state index in [1.165, 1.54) is 23.3 Å². The van der Waals surface area contributed by atoms with Crippen molar-refractivity contribution >= 4 is 11.0 Å². The lowest BCUT2D eigenvalue weighted by molar-refractivity contribution is 0.242. The lowest BCUT2D eigenvalue weighted by Gasteiger charge is -2.23. The Kier molecular flexibility index (Phi) is 4.27. The van der Waals surface area contributed by atoms with E-state index in [1.54, 1.807) is 6.07 Å². The highest BCUT2D eigenvalue weighted by Gasteiger charge is 2.30. The molecule has 0 atom stereocenters. The van der Waals surface area contributed by atoms with Gasteiger partial charge in [0.05, 0.1) is 0 Å². The van der Waals surface area contributed by atoms with E-state index in [2.05, 4.69) is 11.0 Å². The number of halogens is 2. The Balaban J connectivity index is 1.51. The van der Waals surface area contributed by atoms with Crippen LogP contribution < -0.4 is 5.63 Å². The Morgan fingerprint density at radius 3 is 2.46 bits per heavy atom. The molecule has 1 saturated carbocycles. The van der Waals surface area contributed by atoms with E-state index in [-0.39, 0.29) is 5.63 Å². The van der Waals surface area contributed by atoms with Crippen LogP contribution in [0.5, 0.6) is 0 Å². The predicted molar refractivity (Wildman–Crippen MR) is 103 cm³/mol. The number of benzene rings is 2. The van der Waals surface area contributed by atoms with Crippen molar-refractivity contribution in [1.82, 2.24) is 4.90 Å². The summed E-state index contributed by atoms with van der Waals surface area (Å²) in [6, 6.07) is 9.80. The largest absolute Gasteiger partial charge is 0.423 e. The van der Waals surface area contributed by atoms with E-state index >= 15 is 0 Å². The van der Waals surface area contributed by atoms with Crippen LogP contribution in [-0.4, -0.2) is 10.9 Å². The van der Waals surface area contributed by atoms with Crippen molar-refractivity contribution < 1.29 is 13.2 Å². The van der Waals surface area contributed by atoms with Crippen LogP contribution in [-0.2, 0) is 25.9 Å². The Hall–Kier alpha value is -2.53. The van der Waals surface area contributed by atoms with Crippen molar-refractivity contribution in [2.24, 2.45) is 0 Å². The number of rotatable bonds is 5. The Morgan fingerprint density at radius 2 is 1.71 bits per heavy atom. The molecular formula is C23H21F2NO2. The SMILES string of the molecule is O=c1cc(CN(Cc2ccc(F)cc2F)C2CC2)c2cc3c(cc2o1)CCC3. The fourth-order valence-electron chi connectivity index (χ4n) is 4.27. The molecule has 2 aromatic carbocycles. The van der Waals surface area contributed by atoms with Crippen LogP contribution >= 0.6 is 0 Å². The van der Waals surface area contributed by atoms with Gasteiger partial charge in [0.25, 0.3) is 0 Å². The molecule has 3 nitrogen and oxygen atoms in total. The molecule has 144 valence electrons. The van der Waals surface area contributed by atoms with Crippen LogP contribution in [0.2, 0.25) is 0 Å². The quantitative estimate of drug-likeness (QED) is 0.600. The third-order valence-corrected chi connectivity index (χ3v) is 5.87. The van der Waals surface area contributed by atoms with Gasteiger partial charge in [-0.1, -0.05) is 6.07 Å². The summed E-state index contributed by atoms with van der Waals surface area (Å²) in [6.45, 7) is 0.936. The van der Waals surface area contributed by atoms with Crippen LogP contribution in [0.3, 0.4) is 0 Å². The summed E-state index contributed by atoms with van der Waals surface area (Å²) in [7, 11) is 0. The summed E-state index contributed by atoms with van der Waals surface area (Å²) in [6.07, 6.45) is 5.31. The molecule has 0 amide bonds. The summed E-state index contributed by atoms with van der Waals surface area (Å²) in [5, 5.41) is 0.963. The van der Waals surface area contributed by atoms with Crippen molar-refractivity contribution in [1.29, 1.82) is 0 Å². The van der Waals surface area contributed by atoms with Gasteiger partial charge in [0.15, 0.2) is 0 Å². The zero-order valence-corrected chi connectivity index (χ0v) is 15.5. The summed E-state index contributed by atoms with van der Waals surface area (Å²) >= 11 is 0. The van der Waals surface area contributed by atoms with Gasteiger partial charge >= 0.3 is 5.63 Å². The second-order valence-corrected chi connectivity index (χ2v) is 7.93. The predicted octanol–water partition coefficient (Wildman–Crippen LogP) is 4.72. The number of hydrogen-bond donors (Lipinski definition) is 0. The van der Waals surface area contributed by atoms with Gasteiger partial charge in [0.2, 0.25) is 0 Å². The molecule has 0 unspecified atom stereocenters. The van der Waals surface area contributed by atoms with Gasteiger partial charge in [-0.15, -0.1) is 0 Å². The van der Waals surface area contributed by atoms with E-state index in [1.807, 2.05) is 6.07 Å². The fraction of sp³-hybridized carbons (Fsp3) is 0.348. The topological polar surface area (TPSA) is 33.5 Å². The standard InChI is InChI=1S/C23H21F2NO2/c24-18-5-4-16(21(25)11-18)12-26(19-6-7-19)13-17-10-23(27)28-22-9-15-3-1-2-14(15)8-20(17)22/h4-5,8-11,19H,1-3,6-7,12-13H2. The lowest BCUT2D eigenvalue weighted by Crippen LogP contribution is -2.26. The van der Waals surface area contributed by atoms with Crippen molar-refractivity contribution in [3.05, 3.63) is 80.7 Å². The number of fused-ring (bicyclic) bond motifs is 2. The molecule has 1 heterocycles. The van der Waals surface area contributed by atoms with Crippen LogP contribution in [0.4, 0.5) is 8.78 Å². The molecule has 0 bridgehead atoms. The molecule has 2 aliphatic rings. The molecule has 5 rings (SSSR count). The zero-order chi connectivity index (χ0) is 19.3. The average molecular weight is 381 g/mol. The molecular weight excluding hydrogens is 360 g/mol. The smallest absolute Gasteiger partial charge is 0.336 e. The van der Waals surface area contributed by atoms with Gasteiger partial charge < -0.3 is 4.42 Å². The van der Waals surface area contributed by atoms with Gasteiger partial charge in [-0.2, -0.15) is 0 Å². The first kappa shape index (κ1) is 17.6. The van der Waals surface area contributed by atoms with Gasteiger partial charge in [0.1, 0.15) is 17.2 Å². The fourth-order valence-corrected chi connectivity index (χ4v) is 4.27. The van der Waals surface area contributed by atoms with Gasteiger partial charge in [-0.3, -0.25) is 4.90 Å². The third-order valence-electron chi connectivity index (χ3n) is 5.87. The van der Waals surface area contributed by atoms with Crippen LogP contribution in [0.15, 0.2) is 45.6 Å². The normalized spacial score (nSPS) is 16.1. The molecule has 5 heteroatoms. The van der Waals surface area contributed by atoms with E-state index in [9.17, 15) is 13.6 Å². The van der Waals surface area contributed by atoms with Crippen molar-refractivity contribution in [3.8, 4) is 0 Å². The molecule has 1 fully saturated rings. The van der Waals surface area contributed by atoms with Crippen molar-refractivity contribution in [2.75, 3.05) is 0 Å². The minimum atomic E-state index is -0.570. The molecule has 0 radical (unpaired) electrons. The number of hydrogen-bond acceptors (Lipinski definition) is 3. The van der Waals surface area contributed by atoms with E-state index in [0.717, 1.165) is 49.1 Å². The molecule has 28 heavy (non-hydrogen) atoms. The first-order valence-corrected chi connectivity index (χ1v) is 9.83. The molecule has 0 saturated heterocycles. The van der Waals surface area contributed by atoms with E-state index in [0.29, 0.717) is 30.3 Å². The van der Waals surface area contributed by atoms with Gasteiger partial charge in [-0.05, 0) is 67.0 Å². The highest BCUT2D eigenvalue weighted by Crippen LogP contribution is 2.33. The minimum Gasteiger partial charge on any atom is -0.423 e. The van der Waals surface area contributed by atoms with Gasteiger partial charge in [0, 0.05) is 42.2 Å². The average Bonchev–Trinajstić information content (AvgIpc) is 3.40. The van der Waals surface area contributed by atoms with Crippen LogP contribution in [0.1, 0.15) is 41.5 Å².